The molecule has 1 aliphatic carbocycles. The summed E-state index contributed by atoms with van der Waals surface area (Å²) in [4.78, 5) is 10.9. The topological polar surface area (TPSA) is 70.5 Å². The van der Waals surface area contributed by atoms with E-state index in [1.165, 1.54) is 0 Å². The van der Waals surface area contributed by atoms with Crippen LogP contribution in [-0.4, -0.2) is 47.9 Å². The van der Waals surface area contributed by atoms with Crippen molar-refractivity contribution in [2.45, 2.75) is 44.8 Å². The average Bonchev–Trinajstić information content (AvgIpc) is 2.91. The Kier molecular flexibility index (Phi) is 5.36. The van der Waals surface area contributed by atoms with E-state index < -0.39 is 5.60 Å². The number of anilines is 2. The largest absolute Gasteiger partial charge is 0.388 e. The van der Waals surface area contributed by atoms with E-state index in [1.54, 1.807) is 0 Å². The first-order chi connectivity index (χ1) is 10.1. The monoisotopic (exact) mass is 294 g/mol. The van der Waals surface area contributed by atoms with Crippen LogP contribution in [0.5, 0.6) is 0 Å². The molecule has 0 bridgehead atoms. The van der Waals surface area contributed by atoms with Crippen LogP contribution < -0.4 is 10.2 Å². The minimum atomic E-state index is -0.584. The molecule has 1 fully saturated rings. The van der Waals surface area contributed by atoms with E-state index in [1.807, 2.05) is 32.0 Å². The first-order valence-electron chi connectivity index (χ1n) is 7.63. The summed E-state index contributed by atoms with van der Waals surface area (Å²) in [5, 5.41) is 13.6. The highest BCUT2D eigenvalue weighted by Crippen LogP contribution is 2.31. The summed E-state index contributed by atoms with van der Waals surface area (Å²) in [5.74, 6) is 2.23. The van der Waals surface area contributed by atoms with Gasteiger partial charge in [-0.15, -0.1) is 0 Å². The van der Waals surface area contributed by atoms with Crippen LogP contribution in [0.2, 0.25) is 0 Å². The molecular weight excluding hydrogens is 268 g/mol. The number of aliphatic hydroxyl groups is 1. The Morgan fingerprint density at radius 3 is 2.71 bits per heavy atom. The van der Waals surface area contributed by atoms with Gasteiger partial charge in [-0.3, -0.25) is 0 Å². The van der Waals surface area contributed by atoms with E-state index in [2.05, 4.69) is 15.3 Å². The molecule has 6 nitrogen and oxygen atoms in total. The fourth-order valence-electron chi connectivity index (χ4n) is 2.78. The Hall–Kier alpha value is -1.40. The molecule has 1 saturated carbocycles. The molecule has 1 aliphatic rings. The molecule has 0 aromatic carbocycles. The molecule has 2 N–H and O–H groups in total. The van der Waals surface area contributed by atoms with Crippen molar-refractivity contribution in [3.8, 4) is 0 Å². The van der Waals surface area contributed by atoms with Crippen molar-refractivity contribution in [1.82, 2.24) is 9.97 Å². The molecule has 1 aromatic heterocycles. The molecular formula is C15H26N4O2. The van der Waals surface area contributed by atoms with Crippen molar-refractivity contribution in [3.63, 3.8) is 0 Å². The fourth-order valence-corrected chi connectivity index (χ4v) is 2.78. The van der Waals surface area contributed by atoms with Gasteiger partial charge in [0.15, 0.2) is 5.82 Å². The standard InChI is InChI=1S/C15H26N4O2/c1-4-21-10-13-17-12(16-2)9-14(18-13)19(3)11-15(20)7-5-6-8-15/h9,20H,4-8,10-11H2,1-3H3,(H,16,17,18). The second-order valence-corrected chi connectivity index (χ2v) is 5.70. The summed E-state index contributed by atoms with van der Waals surface area (Å²) in [6.45, 7) is 3.58. The molecule has 21 heavy (non-hydrogen) atoms. The third-order valence-electron chi connectivity index (χ3n) is 3.91. The molecule has 6 heteroatoms. The van der Waals surface area contributed by atoms with Crippen molar-refractivity contribution in [2.75, 3.05) is 37.5 Å². The number of likely N-dealkylation sites (N-methyl/N-ethyl adjacent to an activating group) is 1. The van der Waals surface area contributed by atoms with E-state index in [0.29, 0.717) is 25.6 Å². The van der Waals surface area contributed by atoms with E-state index >= 15 is 0 Å². The smallest absolute Gasteiger partial charge is 0.158 e. The lowest BCUT2D eigenvalue weighted by molar-refractivity contribution is 0.0557. The van der Waals surface area contributed by atoms with Gasteiger partial charge >= 0.3 is 0 Å². The molecule has 118 valence electrons. The average molecular weight is 294 g/mol. The molecule has 0 aliphatic heterocycles. The molecule has 1 heterocycles. The normalized spacial score (nSPS) is 17.0. The lowest BCUT2D eigenvalue weighted by Crippen LogP contribution is -2.39. The molecule has 0 atom stereocenters. The Morgan fingerprint density at radius 2 is 2.10 bits per heavy atom. The summed E-state index contributed by atoms with van der Waals surface area (Å²) in [6, 6.07) is 1.90. The summed E-state index contributed by atoms with van der Waals surface area (Å²) in [6.07, 6.45) is 3.94. The van der Waals surface area contributed by atoms with Crippen molar-refractivity contribution >= 4 is 11.6 Å². The van der Waals surface area contributed by atoms with E-state index in [-0.39, 0.29) is 0 Å². The molecule has 0 saturated heterocycles. The van der Waals surface area contributed by atoms with Gasteiger partial charge in [-0.2, -0.15) is 0 Å². The molecule has 1 aromatic rings. The maximum Gasteiger partial charge on any atom is 0.158 e. The van der Waals surface area contributed by atoms with Crippen molar-refractivity contribution in [1.29, 1.82) is 0 Å². The molecule has 0 unspecified atom stereocenters. The van der Waals surface area contributed by atoms with Gasteiger partial charge in [0.05, 0.1) is 5.60 Å². The number of aromatic nitrogens is 2. The minimum absolute atomic E-state index is 0.400. The van der Waals surface area contributed by atoms with Crippen molar-refractivity contribution in [3.05, 3.63) is 11.9 Å². The van der Waals surface area contributed by atoms with Gasteiger partial charge in [0.25, 0.3) is 0 Å². The summed E-state index contributed by atoms with van der Waals surface area (Å²) in [7, 11) is 3.80. The Balaban J connectivity index is 2.12. The number of nitrogens with zero attached hydrogens (tertiary/aromatic N) is 3. The molecule has 2 rings (SSSR count). The van der Waals surface area contributed by atoms with Crippen LogP contribution in [0.4, 0.5) is 11.6 Å². The second kappa shape index (κ2) is 7.04. The number of hydrogen-bond acceptors (Lipinski definition) is 6. The van der Waals surface area contributed by atoms with Gasteiger partial charge in [-0.05, 0) is 19.8 Å². The lowest BCUT2D eigenvalue weighted by atomic mass is 10.0. The highest BCUT2D eigenvalue weighted by molar-refractivity contribution is 5.49. The minimum Gasteiger partial charge on any atom is -0.388 e. The summed E-state index contributed by atoms with van der Waals surface area (Å²) in [5.41, 5.74) is -0.584. The lowest BCUT2D eigenvalue weighted by Gasteiger charge is -2.29. The quantitative estimate of drug-likeness (QED) is 0.799. The zero-order valence-corrected chi connectivity index (χ0v) is 13.2. The predicted octanol–water partition coefficient (Wildman–Crippen LogP) is 1.80. The van der Waals surface area contributed by atoms with Gasteiger partial charge in [0.1, 0.15) is 18.2 Å². The zero-order chi connectivity index (χ0) is 15.3. The number of nitrogens with one attached hydrogen (secondary N) is 1. The number of rotatable bonds is 7. The number of hydrogen-bond donors (Lipinski definition) is 2. The zero-order valence-electron chi connectivity index (χ0n) is 13.2. The van der Waals surface area contributed by atoms with E-state index in [9.17, 15) is 5.11 Å². The van der Waals surface area contributed by atoms with E-state index in [4.69, 9.17) is 4.74 Å². The van der Waals surface area contributed by atoms with Crippen LogP contribution in [0.3, 0.4) is 0 Å². The third kappa shape index (κ3) is 4.28. The Morgan fingerprint density at radius 1 is 1.38 bits per heavy atom. The first kappa shape index (κ1) is 16.0. The van der Waals surface area contributed by atoms with Crippen LogP contribution in [0.25, 0.3) is 0 Å². The molecule has 0 amide bonds. The maximum absolute atomic E-state index is 10.5. The SMILES string of the molecule is CCOCc1nc(NC)cc(N(C)CC2(O)CCCC2)n1. The second-order valence-electron chi connectivity index (χ2n) is 5.70. The molecule has 0 radical (unpaired) electrons. The van der Waals surface area contributed by atoms with Crippen LogP contribution in [0.1, 0.15) is 38.4 Å². The highest BCUT2D eigenvalue weighted by atomic mass is 16.5. The third-order valence-corrected chi connectivity index (χ3v) is 3.91. The van der Waals surface area contributed by atoms with Crippen LogP contribution >= 0.6 is 0 Å². The van der Waals surface area contributed by atoms with Crippen LogP contribution in [-0.2, 0) is 11.3 Å². The number of ether oxygens (including phenoxy) is 1. The van der Waals surface area contributed by atoms with Gasteiger partial charge < -0.3 is 20.1 Å². The summed E-state index contributed by atoms with van der Waals surface area (Å²) >= 11 is 0. The van der Waals surface area contributed by atoms with Gasteiger partial charge in [-0.25, -0.2) is 9.97 Å². The maximum atomic E-state index is 10.5. The van der Waals surface area contributed by atoms with Gasteiger partial charge in [-0.1, -0.05) is 12.8 Å². The summed E-state index contributed by atoms with van der Waals surface area (Å²) < 4.78 is 5.39. The van der Waals surface area contributed by atoms with Crippen LogP contribution in [0, 0.1) is 0 Å². The first-order valence-corrected chi connectivity index (χ1v) is 7.63. The molecule has 0 spiro atoms. The predicted molar refractivity (Wildman–Crippen MR) is 83.6 cm³/mol. The van der Waals surface area contributed by atoms with Gasteiger partial charge in [0.2, 0.25) is 0 Å². The highest BCUT2D eigenvalue weighted by Gasteiger charge is 2.32. The fraction of sp³-hybridized carbons (Fsp3) is 0.733. The van der Waals surface area contributed by atoms with Crippen molar-refractivity contribution < 1.29 is 9.84 Å². The van der Waals surface area contributed by atoms with E-state index in [0.717, 1.165) is 37.3 Å². The Labute approximate surface area is 126 Å². The van der Waals surface area contributed by atoms with Crippen molar-refractivity contribution in [2.24, 2.45) is 0 Å². The van der Waals surface area contributed by atoms with Gasteiger partial charge in [0, 0.05) is 33.3 Å². The Bertz CT molecular complexity index is 461. The van der Waals surface area contributed by atoms with Crippen LogP contribution in [0.15, 0.2) is 6.07 Å².